The SMILES string of the molecule is CC(C)C(NC(=O)c1ccc(Cl)cc1)C(=O)NCCCNC(=O)c1cccc(O)c1. The number of phenols is 1. The zero-order chi connectivity index (χ0) is 22.1. The summed E-state index contributed by atoms with van der Waals surface area (Å²) in [7, 11) is 0. The van der Waals surface area contributed by atoms with Gasteiger partial charge in [0.25, 0.3) is 11.8 Å². The summed E-state index contributed by atoms with van der Waals surface area (Å²) < 4.78 is 0. The van der Waals surface area contributed by atoms with Gasteiger partial charge in [0.05, 0.1) is 0 Å². The van der Waals surface area contributed by atoms with Crippen molar-refractivity contribution < 1.29 is 19.5 Å². The number of rotatable bonds is 9. The topological polar surface area (TPSA) is 108 Å². The quantitative estimate of drug-likeness (QED) is 0.458. The van der Waals surface area contributed by atoms with Crippen LogP contribution >= 0.6 is 11.6 Å². The fourth-order valence-electron chi connectivity index (χ4n) is 2.72. The average molecular weight is 432 g/mol. The predicted molar refractivity (Wildman–Crippen MR) is 116 cm³/mol. The van der Waals surface area contributed by atoms with Crippen LogP contribution in [-0.2, 0) is 4.79 Å². The Hall–Kier alpha value is -3.06. The number of nitrogens with one attached hydrogen (secondary N) is 3. The van der Waals surface area contributed by atoms with Crippen LogP contribution in [0.25, 0.3) is 0 Å². The van der Waals surface area contributed by atoms with E-state index in [4.69, 9.17) is 11.6 Å². The van der Waals surface area contributed by atoms with Gasteiger partial charge in [0.15, 0.2) is 0 Å². The number of halogens is 1. The van der Waals surface area contributed by atoms with Crippen molar-refractivity contribution in [2.75, 3.05) is 13.1 Å². The summed E-state index contributed by atoms with van der Waals surface area (Å²) in [5, 5.41) is 18.2. The largest absolute Gasteiger partial charge is 0.508 e. The van der Waals surface area contributed by atoms with Gasteiger partial charge in [-0.15, -0.1) is 0 Å². The molecular weight excluding hydrogens is 406 g/mol. The van der Waals surface area contributed by atoms with Gasteiger partial charge in [-0.05, 0) is 54.8 Å². The van der Waals surface area contributed by atoms with Crippen LogP contribution in [0.1, 0.15) is 41.0 Å². The summed E-state index contributed by atoms with van der Waals surface area (Å²) in [6.07, 6.45) is 0.520. The molecule has 30 heavy (non-hydrogen) atoms. The van der Waals surface area contributed by atoms with Gasteiger partial charge in [0, 0.05) is 29.2 Å². The molecule has 0 saturated carbocycles. The maximum absolute atomic E-state index is 12.5. The molecule has 2 aromatic carbocycles. The molecule has 0 aliphatic carbocycles. The highest BCUT2D eigenvalue weighted by Crippen LogP contribution is 2.11. The molecular formula is C22H26ClN3O4. The van der Waals surface area contributed by atoms with Gasteiger partial charge in [0.1, 0.15) is 11.8 Å². The van der Waals surface area contributed by atoms with E-state index in [-0.39, 0.29) is 29.4 Å². The van der Waals surface area contributed by atoms with Crippen molar-refractivity contribution in [3.8, 4) is 5.75 Å². The molecule has 0 bridgehead atoms. The number of hydrogen-bond acceptors (Lipinski definition) is 4. The van der Waals surface area contributed by atoms with Crippen LogP contribution in [0.4, 0.5) is 0 Å². The van der Waals surface area contributed by atoms with Crippen LogP contribution in [0.3, 0.4) is 0 Å². The van der Waals surface area contributed by atoms with Crippen LogP contribution in [0.15, 0.2) is 48.5 Å². The third kappa shape index (κ3) is 7.08. The standard InChI is InChI=1S/C22H26ClN3O4/c1-14(2)19(26-21(29)15-7-9-17(23)10-8-15)22(30)25-12-4-11-24-20(28)16-5-3-6-18(27)13-16/h3,5-10,13-14,19,27H,4,11-12H2,1-2H3,(H,24,28)(H,25,30)(H,26,29). The van der Waals surface area contributed by atoms with Crippen molar-refractivity contribution in [3.63, 3.8) is 0 Å². The Morgan fingerprint density at radius 1 is 0.933 bits per heavy atom. The normalized spacial score (nSPS) is 11.6. The first kappa shape index (κ1) is 23.2. The van der Waals surface area contributed by atoms with Crippen LogP contribution in [0.2, 0.25) is 5.02 Å². The van der Waals surface area contributed by atoms with Crippen molar-refractivity contribution in [2.24, 2.45) is 5.92 Å². The van der Waals surface area contributed by atoms with E-state index in [9.17, 15) is 19.5 Å². The summed E-state index contributed by atoms with van der Waals surface area (Å²) in [4.78, 5) is 36.9. The van der Waals surface area contributed by atoms with Crippen molar-refractivity contribution in [1.82, 2.24) is 16.0 Å². The minimum atomic E-state index is -0.685. The van der Waals surface area contributed by atoms with E-state index in [1.54, 1.807) is 36.4 Å². The predicted octanol–water partition coefficient (Wildman–Crippen LogP) is 2.74. The molecule has 4 N–H and O–H groups in total. The molecule has 7 nitrogen and oxygen atoms in total. The molecule has 160 valence electrons. The van der Waals surface area contributed by atoms with Crippen LogP contribution in [0.5, 0.6) is 5.75 Å². The molecule has 0 aliphatic heterocycles. The Balaban J connectivity index is 1.77. The second-order valence-electron chi connectivity index (χ2n) is 7.15. The van der Waals surface area contributed by atoms with Gasteiger partial charge in [-0.25, -0.2) is 0 Å². The fraction of sp³-hybridized carbons (Fsp3) is 0.318. The van der Waals surface area contributed by atoms with E-state index in [1.165, 1.54) is 12.1 Å². The smallest absolute Gasteiger partial charge is 0.251 e. The lowest BCUT2D eigenvalue weighted by Gasteiger charge is -2.22. The third-order valence-corrected chi connectivity index (χ3v) is 4.64. The summed E-state index contributed by atoms with van der Waals surface area (Å²) >= 11 is 5.83. The Kier molecular flexibility index (Phi) is 8.68. The molecule has 2 rings (SSSR count). The Morgan fingerprint density at radius 3 is 2.23 bits per heavy atom. The maximum atomic E-state index is 12.5. The Labute approximate surface area is 180 Å². The van der Waals surface area contributed by atoms with Gasteiger partial charge in [0.2, 0.25) is 5.91 Å². The molecule has 1 atom stereocenters. The van der Waals surface area contributed by atoms with E-state index in [0.717, 1.165) is 0 Å². The zero-order valence-electron chi connectivity index (χ0n) is 16.9. The minimum absolute atomic E-state index is 0.0234. The molecule has 0 spiro atoms. The first-order valence-corrected chi connectivity index (χ1v) is 10.1. The lowest BCUT2D eigenvalue weighted by molar-refractivity contribution is -0.123. The van der Waals surface area contributed by atoms with E-state index < -0.39 is 6.04 Å². The van der Waals surface area contributed by atoms with Gasteiger partial charge in [-0.3, -0.25) is 14.4 Å². The number of phenolic OH excluding ortho intramolecular Hbond substituents is 1. The maximum Gasteiger partial charge on any atom is 0.251 e. The second-order valence-corrected chi connectivity index (χ2v) is 7.59. The summed E-state index contributed by atoms with van der Waals surface area (Å²) in [6, 6.07) is 11.8. The first-order chi connectivity index (χ1) is 14.3. The number of amides is 3. The van der Waals surface area contributed by atoms with E-state index in [2.05, 4.69) is 16.0 Å². The molecule has 8 heteroatoms. The number of aromatic hydroxyl groups is 1. The van der Waals surface area contributed by atoms with Crippen molar-refractivity contribution >= 4 is 29.3 Å². The summed E-state index contributed by atoms with van der Waals surface area (Å²) in [5.74, 6) is -1.01. The number of carbonyl (C=O) groups excluding carboxylic acids is 3. The molecule has 0 fully saturated rings. The monoisotopic (exact) mass is 431 g/mol. The molecule has 3 amide bonds. The van der Waals surface area contributed by atoms with Gasteiger partial charge < -0.3 is 21.1 Å². The van der Waals surface area contributed by atoms with Crippen molar-refractivity contribution in [2.45, 2.75) is 26.3 Å². The number of carbonyl (C=O) groups is 3. The van der Waals surface area contributed by atoms with Gasteiger partial charge in [-0.1, -0.05) is 31.5 Å². The first-order valence-electron chi connectivity index (χ1n) is 9.69. The molecule has 1 unspecified atom stereocenters. The molecule has 0 aromatic heterocycles. The second kappa shape index (κ2) is 11.2. The highest BCUT2D eigenvalue weighted by atomic mass is 35.5. The van der Waals surface area contributed by atoms with Crippen molar-refractivity contribution in [1.29, 1.82) is 0 Å². The Morgan fingerprint density at radius 2 is 1.60 bits per heavy atom. The molecule has 0 aliphatic rings. The van der Waals surface area contributed by atoms with Gasteiger partial charge >= 0.3 is 0 Å². The van der Waals surface area contributed by atoms with E-state index in [0.29, 0.717) is 35.7 Å². The lowest BCUT2D eigenvalue weighted by atomic mass is 10.0. The summed E-state index contributed by atoms with van der Waals surface area (Å²) in [6.45, 7) is 4.40. The van der Waals surface area contributed by atoms with Crippen LogP contribution in [0, 0.1) is 5.92 Å². The highest BCUT2D eigenvalue weighted by molar-refractivity contribution is 6.30. The molecule has 2 aromatic rings. The average Bonchev–Trinajstić information content (AvgIpc) is 2.71. The number of hydrogen-bond donors (Lipinski definition) is 4. The fourth-order valence-corrected chi connectivity index (χ4v) is 2.85. The Bertz CT molecular complexity index is 884. The van der Waals surface area contributed by atoms with Crippen LogP contribution < -0.4 is 16.0 Å². The third-order valence-electron chi connectivity index (χ3n) is 4.39. The molecule has 0 saturated heterocycles. The van der Waals surface area contributed by atoms with Gasteiger partial charge in [-0.2, -0.15) is 0 Å². The summed E-state index contributed by atoms with van der Waals surface area (Å²) in [5.41, 5.74) is 0.788. The van der Waals surface area contributed by atoms with E-state index >= 15 is 0 Å². The van der Waals surface area contributed by atoms with E-state index in [1.807, 2.05) is 13.8 Å². The molecule has 0 radical (unpaired) electrons. The highest BCUT2D eigenvalue weighted by Gasteiger charge is 2.24. The number of benzene rings is 2. The van der Waals surface area contributed by atoms with Crippen molar-refractivity contribution in [3.05, 3.63) is 64.7 Å². The lowest BCUT2D eigenvalue weighted by Crippen LogP contribution is -2.50. The molecule has 0 heterocycles. The minimum Gasteiger partial charge on any atom is -0.508 e. The van der Waals surface area contributed by atoms with Crippen LogP contribution in [-0.4, -0.2) is 42.0 Å². The zero-order valence-corrected chi connectivity index (χ0v) is 17.7.